The number of ether oxygens (including phenoxy) is 1. The number of halogens is 1. The second-order valence-electron chi connectivity index (χ2n) is 5.65. The number of aromatic amines is 1. The van der Waals surface area contributed by atoms with Crippen LogP contribution < -0.4 is 11.2 Å². The van der Waals surface area contributed by atoms with Crippen LogP contribution in [0.1, 0.15) is 26.7 Å². The highest BCUT2D eigenvalue weighted by atomic mass is 35.5. The molecule has 0 aliphatic carbocycles. The summed E-state index contributed by atoms with van der Waals surface area (Å²) in [4.78, 5) is 42.5. The van der Waals surface area contributed by atoms with E-state index in [2.05, 4.69) is 9.97 Å². The van der Waals surface area contributed by atoms with E-state index < -0.39 is 11.2 Å². The van der Waals surface area contributed by atoms with Crippen LogP contribution in [0, 0.1) is 0 Å². The van der Waals surface area contributed by atoms with Crippen LogP contribution in [0.2, 0.25) is 0 Å². The molecule has 8 nitrogen and oxygen atoms in total. The van der Waals surface area contributed by atoms with Crippen LogP contribution in [0.5, 0.6) is 0 Å². The monoisotopic (exact) mass is 400 g/mol. The summed E-state index contributed by atoms with van der Waals surface area (Å²) in [6, 6.07) is 0. The average molecular weight is 401 g/mol. The number of unbranched alkanes of at least 4 members (excludes halogenated alkanes) is 1. The molecule has 142 valence electrons. The maximum Gasteiger partial charge on any atom is 0.329 e. The molecule has 0 aliphatic rings. The van der Waals surface area contributed by atoms with Gasteiger partial charge in [0.2, 0.25) is 0 Å². The van der Waals surface area contributed by atoms with Gasteiger partial charge in [-0.05, 0) is 13.3 Å². The molecule has 2 rings (SSSR count). The highest BCUT2D eigenvalue weighted by molar-refractivity contribution is 7.99. The highest BCUT2D eigenvalue weighted by Gasteiger charge is 2.18. The first-order valence-electron chi connectivity index (χ1n) is 8.15. The summed E-state index contributed by atoms with van der Waals surface area (Å²) >= 11 is 7.05. The molecular formula is C16H21ClN4O4S. The lowest BCUT2D eigenvalue weighted by Gasteiger charge is -2.06. The quantitative estimate of drug-likeness (QED) is 0.413. The van der Waals surface area contributed by atoms with Gasteiger partial charge in [-0.3, -0.25) is 19.1 Å². The first-order chi connectivity index (χ1) is 12.3. The fraction of sp³-hybridized carbons (Fsp3) is 0.500. The zero-order valence-electron chi connectivity index (χ0n) is 14.9. The normalized spacial score (nSPS) is 11.9. The van der Waals surface area contributed by atoms with Crippen molar-refractivity contribution in [2.45, 2.75) is 38.4 Å². The van der Waals surface area contributed by atoms with Gasteiger partial charge in [0, 0.05) is 18.6 Å². The van der Waals surface area contributed by atoms with Crippen molar-refractivity contribution in [2.24, 2.45) is 7.05 Å². The molecule has 0 bridgehead atoms. The summed E-state index contributed by atoms with van der Waals surface area (Å²) in [6.45, 7) is 4.41. The first-order valence-corrected chi connectivity index (χ1v) is 9.51. The third-order valence-corrected chi connectivity index (χ3v) is 4.71. The number of nitrogens with one attached hydrogen (secondary N) is 1. The van der Waals surface area contributed by atoms with Gasteiger partial charge < -0.3 is 9.30 Å². The number of H-pyrrole nitrogens is 1. The number of nitrogens with zero attached hydrogens (tertiary/aromatic N) is 3. The minimum atomic E-state index is -0.549. The molecule has 26 heavy (non-hydrogen) atoms. The molecule has 1 N–H and O–H groups in total. The maximum absolute atomic E-state index is 12.3. The van der Waals surface area contributed by atoms with E-state index in [1.54, 1.807) is 17.6 Å². The van der Waals surface area contributed by atoms with Crippen molar-refractivity contribution in [3.05, 3.63) is 31.9 Å². The first kappa shape index (κ1) is 20.3. The number of imidazole rings is 1. The molecule has 0 spiro atoms. The van der Waals surface area contributed by atoms with Gasteiger partial charge >= 0.3 is 11.7 Å². The van der Waals surface area contributed by atoms with E-state index in [-0.39, 0.29) is 22.9 Å². The van der Waals surface area contributed by atoms with Gasteiger partial charge in [0.05, 0.1) is 12.4 Å². The summed E-state index contributed by atoms with van der Waals surface area (Å²) in [6.07, 6.45) is 3.47. The molecule has 10 heteroatoms. The molecule has 0 aromatic carbocycles. The Bertz CT molecular complexity index is 940. The lowest BCUT2D eigenvalue weighted by molar-refractivity contribution is -0.140. The number of hydrogen-bond donors (Lipinski definition) is 1. The molecule has 0 aliphatic heterocycles. The number of thioether (sulfide) groups is 1. The summed E-state index contributed by atoms with van der Waals surface area (Å²) in [5.74, 6) is -0.295. The van der Waals surface area contributed by atoms with Crippen LogP contribution in [0.4, 0.5) is 0 Å². The van der Waals surface area contributed by atoms with E-state index in [4.69, 9.17) is 16.3 Å². The Morgan fingerprint density at radius 3 is 2.81 bits per heavy atom. The lowest BCUT2D eigenvalue weighted by atomic mass is 10.4. The van der Waals surface area contributed by atoms with Crippen molar-refractivity contribution in [1.29, 1.82) is 0 Å². The van der Waals surface area contributed by atoms with E-state index >= 15 is 0 Å². The molecule has 2 aromatic heterocycles. The minimum Gasteiger partial charge on any atom is -0.465 e. The van der Waals surface area contributed by atoms with Crippen molar-refractivity contribution >= 4 is 40.5 Å². The fourth-order valence-corrected chi connectivity index (χ4v) is 3.08. The van der Waals surface area contributed by atoms with Crippen LogP contribution in [0.15, 0.2) is 25.9 Å². The van der Waals surface area contributed by atoms with Gasteiger partial charge in [-0.1, -0.05) is 42.8 Å². The van der Waals surface area contributed by atoms with Crippen LogP contribution in [0.25, 0.3) is 11.2 Å². The number of aryl methyl sites for hydroxylation is 1. The number of rotatable bonds is 8. The second-order valence-corrected chi connectivity index (χ2v) is 7.19. The largest absolute Gasteiger partial charge is 0.465 e. The number of aromatic nitrogens is 4. The van der Waals surface area contributed by atoms with E-state index in [0.717, 1.165) is 24.6 Å². The maximum atomic E-state index is 12.3. The highest BCUT2D eigenvalue weighted by Crippen LogP contribution is 2.22. The van der Waals surface area contributed by atoms with Gasteiger partial charge in [-0.2, -0.15) is 0 Å². The Labute approximate surface area is 159 Å². The molecule has 0 unspecified atom stereocenters. The van der Waals surface area contributed by atoms with E-state index in [9.17, 15) is 14.4 Å². The molecular weight excluding hydrogens is 380 g/mol. The van der Waals surface area contributed by atoms with E-state index in [0.29, 0.717) is 23.3 Å². The van der Waals surface area contributed by atoms with Crippen molar-refractivity contribution < 1.29 is 9.53 Å². The topological polar surface area (TPSA) is 99.0 Å². The molecule has 2 aromatic rings. The number of fused-ring (bicyclic) bond motifs is 1. The number of esters is 1. The van der Waals surface area contributed by atoms with Gasteiger partial charge in [0.1, 0.15) is 0 Å². The van der Waals surface area contributed by atoms with E-state index in [1.165, 1.54) is 11.6 Å². The predicted octanol–water partition coefficient (Wildman–Crippen LogP) is 2.00. The average Bonchev–Trinajstić information content (AvgIpc) is 2.95. The van der Waals surface area contributed by atoms with Crippen LogP contribution in [-0.4, -0.2) is 37.4 Å². The molecule has 0 saturated carbocycles. The molecule has 0 amide bonds. The summed E-state index contributed by atoms with van der Waals surface area (Å²) in [7, 11) is 1.52. The zero-order chi connectivity index (χ0) is 19.3. The van der Waals surface area contributed by atoms with Crippen molar-refractivity contribution in [1.82, 2.24) is 19.1 Å². The van der Waals surface area contributed by atoms with Crippen molar-refractivity contribution in [3.8, 4) is 0 Å². The van der Waals surface area contributed by atoms with Crippen LogP contribution in [0.3, 0.4) is 0 Å². The van der Waals surface area contributed by atoms with Gasteiger partial charge in [-0.15, -0.1) is 0 Å². The molecule has 2 heterocycles. The number of carbonyl (C=O) groups is 1. The standard InChI is InChI=1S/C16H21ClN4O4S/c1-4-5-8-25-11(22)9-26-16-18-13-12(21(16)7-6-10(2)17)14(23)19-15(24)20(13)3/h6H,4-5,7-9H2,1-3H3,(H,19,23,24)/b10-6-. The van der Waals surface area contributed by atoms with Crippen LogP contribution >= 0.6 is 23.4 Å². The SMILES string of the molecule is CCCCOC(=O)CSc1nc2c(c(=O)[nH]c(=O)n2C)n1C/C=C(/C)Cl. The molecule has 0 saturated heterocycles. The summed E-state index contributed by atoms with van der Waals surface area (Å²) < 4.78 is 8.02. The minimum absolute atomic E-state index is 0.0580. The number of allylic oxidation sites excluding steroid dienone is 2. The van der Waals surface area contributed by atoms with Gasteiger partial charge in [0.15, 0.2) is 16.3 Å². The lowest BCUT2D eigenvalue weighted by Crippen LogP contribution is -2.29. The number of carbonyl (C=O) groups excluding carboxylic acids is 1. The third kappa shape index (κ3) is 4.79. The molecule has 0 fully saturated rings. The molecule has 0 atom stereocenters. The fourth-order valence-electron chi connectivity index (χ4n) is 2.21. The third-order valence-electron chi connectivity index (χ3n) is 3.61. The van der Waals surface area contributed by atoms with Crippen LogP contribution in [-0.2, 0) is 23.1 Å². The summed E-state index contributed by atoms with van der Waals surface area (Å²) in [5, 5.41) is 0.997. The second kappa shape index (κ2) is 9.09. The Morgan fingerprint density at radius 2 is 2.15 bits per heavy atom. The molecule has 0 radical (unpaired) electrons. The van der Waals surface area contributed by atoms with Crippen molar-refractivity contribution in [3.63, 3.8) is 0 Å². The smallest absolute Gasteiger partial charge is 0.329 e. The van der Waals surface area contributed by atoms with E-state index in [1.807, 2.05) is 6.92 Å². The number of hydrogen-bond acceptors (Lipinski definition) is 6. The Morgan fingerprint density at radius 1 is 1.42 bits per heavy atom. The Balaban J connectivity index is 2.36. The predicted molar refractivity (Wildman–Crippen MR) is 102 cm³/mol. The van der Waals surface area contributed by atoms with Gasteiger partial charge in [-0.25, -0.2) is 9.78 Å². The Kier molecular flexibility index (Phi) is 7.10. The van der Waals surface area contributed by atoms with Gasteiger partial charge in [0.25, 0.3) is 5.56 Å². The summed E-state index contributed by atoms with van der Waals surface area (Å²) in [5.41, 5.74) is -0.579. The zero-order valence-corrected chi connectivity index (χ0v) is 16.4. The Hall–Kier alpha value is -2.00. The van der Waals surface area contributed by atoms with Crippen molar-refractivity contribution in [2.75, 3.05) is 12.4 Å².